The molecule has 3 aromatic carbocycles. The fourth-order valence-corrected chi connectivity index (χ4v) is 3.77. The van der Waals surface area contributed by atoms with Gasteiger partial charge in [0.2, 0.25) is 0 Å². The lowest BCUT2D eigenvalue weighted by Gasteiger charge is -2.19. The van der Waals surface area contributed by atoms with Crippen molar-refractivity contribution in [2.75, 3.05) is 0 Å². The smallest absolute Gasteiger partial charge is 0.123 e. The Morgan fingerprint density at radius 3 is 2.44 bits per heavy atom. The summed E-state index contributed by atoms with van der Waals surface area (Å²) in [6.45, 7) is 0. The highest BCUT2D eigenvalue weighted by atomic mass is 19.1. The van der Waals surface area contributed by atoms with Crippen LogP contribution in [-0.2, 0) is 0 Å². The second kappa shape index (κ2) is 5.45. The molecule has 0 saturated carbocycles. The molecule has 0 radical (unpaired) electrons. The number of rotatable bonds is 2. The number of hydrogen-bond donors (Lipinski definition) is 0. The molecule has 1 aromatic heterocycles. The molecule has 0 fully saturated rings. The van der Waals surface area contributed by atoms with E-state index in [1.54, 1.807) is 0 Å². The fraction of sp³-hybridized carbons (Fsp3) is 0.0435. The van der Waals surface area contributed by atoms with Crippen LogP contribution in [0.3, 0.4) is 0 Å². The highest BCUT2D eigenvalue weighted by Gasteiger charge is 2.23. The van der Waals surface area contributed by atoms with Crippen LogP contribution in [0.25, 0.3) is 28.2 Å². The molecule has 0 saturated heterocycles. The van der Waals surface area contributed by atoms with E-state index >= 15 is 0 Å². The van der Waals surface area contributed by atoms with Crippen LogP contribution in [0.2, 0.25) is 0 Å². The van der Waals surface area contributed by atoms with Crippen LogP contribution >= 0.6 is 0 Å². The Bertz CT molecular complexity index is 1100. The van der Waals surface area contributed by atoms with Gasteiger partial charge in [0.15, 0.2) is 0 Å². The molecular formula is C23H16FN. The highest BCUT2D eigenvalue weighted by Crippen LogP contribution is 2.38. The van der Waals surface area contributed by atoms with Crippen LogP contribution < -0.4 is 0 Å². The Balaban J connectivity index is 1.78. The molecular weight excluding hydrogens is 309 g/mol. The molecule has 1 nitrogen and oxygen atoms in total. The Labute approximate surface area is 145 Å². The number of fused-ring (bicyclic) bond motifs is 2. The van der Waals surface area contributed by atoms with Crippen molar-refractivity contribution in [3.8, 4) is 11.3 Å². The van der Waals surface area contributed by atoms with E-state index in [4.69, 9.17) is 0 Å². The van der Waals surface area contributed by atoms with E-state index in [0.717, 1.165) is 11.3 Å². The zero-order chi connectivity index (χ0) is 16.8. The summed E-state index contributed by atoms with van der Waals surface area (Å²) in [4.78, 5) is 0. The van der Waals surface area contributed by atoms with Crippen molar-refractivity contribution in [1.82, 2.24) is 4.57 Å². The summed E-state index contributed by atoms with van der Waals surface area (Å²) in [5.74, 6) is -0.211. The van der Waals surface area contributed by atoms with E-state index in [2.05, 4.69) is 71.3 Å². The molecule has 0 N–H and O–H groups in total. The summed E-state index contributed by atoms with van der Waals surface area (Å²) >= 11 is 0. The maximum absolute atomic E-state index is 13.4. The van der Waals surface area contributed by atoms with Crippen molar-refractivity contribution in [3.05, 3.63) is 102 Å². The van der Waals surface area contributed by atoms with Crippen LogP contribution in [0.1, 0.15) is 17.2 Å². The van der Waals surface area contributed by atoms with Crippen molar-refractivity contribution >= 4 is 17.0 Å². The predicted octanol–water partition coefficient (Wildman–Crippen LogP) is 6.06. The quantitative estimate of drug-likeness (QED) is 0.422. The molecule has 0 bridgehead atoms. The van der Waals surface area contributed by atoms with Crippen LogP contribution in [-0.4, -0.2) is 4.57 Å². The minimum absolute atomic E-state index is 0.149. The lowest BCUT2D eigenvalue weighted by Crippen LogP contribution is -2.08. The first-order valence-corrected chi connectivity index (χ1v) is 8.44. The van der Waals surface area contributed by atoms with Crippen molar-refractivity contribution < 1.29 is 4.39 Å². The van der Waals surface area contributed by atoms with E-state index in [-0.39, 0.29) is 11.9 Å². The largest absolute Gasteiger partial charge is 0.329 e. The van der Waals surface area contributed by atoms with Crippen molar-refractivity contribution in [2.45, 2.75) is 6.04 Å². The van der Waals surface area contributed by atoms with Gasteiger partial charge in [-0.3, -0.25) is 0 Å². The van der Waals surface area contributed by atoms with E-state index in [1.165, 1.54) is 34.2 Å². The average molecular weight is 325 g/mol. The zero-order valence-corrected chi connectivity index (χ0v) is 13.6. The predicted molar refractivity (Wildman–Crippen MR) is 101 cm³/mol. The van der Waals surface area contributed by atoms with Gasteiger partial charge in [0.05, 0.1) is 6.04 Å². The average Bonchev–Trinajstić information content (AvgIpc) is 3.23. The first-order valence-electron chi connectivity index (χ1n) is 8.44. The number of para-hydroxylation sites is 1. The third-order valence-electron chi connectivity index (χ3n) is 4.94. The molecule has 5 rings (SSSR count). The SMILES string of the molecule is Fc1ccc(-c2cc3ccccc3n2C2C=Cc3ccccc32)cc1. The third-order valence-corrected chi connectivity index (χ3v) is 4.94. The summed E-state index contributed by atoms with van der Waals surface area (Å²) in [7, 11) is 0. The zero-order valence-electron chi connectivity index (χ0n) is 13.6. The third kappa shape index (κ3) is 2.22. The molecule has 1 aliphatic carbocycles. The molecule has 2 heteroatoms. The summed E-state index contributed by atoms with van der Waals surface area (Å²) in [6.07, 6.45) is 4.42. The Hall–Kier alpha value is -3.13. The summed E-state index contributed by atoms with van der Waals surface area (Å²) < 4.78 is 15.7. The second-order valence-electron chi connectivity index (χ2n) is 6.40. The minimum Gasteiger partial charge on any atom is -0.329 e. The van der Waals surface area contributed by atoms with Crippen molar-refractivity contribution in [3.63, 3.8) is 0 Å². The van der Waals surface area contributed by atoms with Gasteiger partial charge in [-0.15, -0.1) is 0 Å². The van der Waals surface area contributed by atoms with Crippen LogP contribution in [0, 0.1) is 5.82 Å². The molecule has 0 aliphatic heterocycles. The number of nitrogens with zero attached hydrogens (tertiary/aromatic N) is 1. The lowest BCUT2D eigenvalue weighted by molar-refractivity contribution is 0.628. The monoisotopic (exact) mass is 325 g/mol. The first kappa shape index (κ1) is 14.2. The van der Waals surface area contributed by atoms with Crippen LogP contribution in [0.5, 0.6) is 0 Å². The van der Waals surface area contributed by atoms with Gasteiger partial charge in [-0.2, -0.15) is 0 Å². The molecule has 1 heterocycles. The molecule has 1 unspecified atom stereocenters. The van der Waals surface area contributed by atoms with Gasteiger partial charge >= 0.3 is 0 Å². The van der Waals surface area contributed by atoms with Gasteiger partial charge < -0.3 is 4.57 Å². The van der Waals surface area contributed by atoms with E-state index in [1.807, 2.05) is 12.1 Å². The molecule has 0 amide bonds. The van der Waals surface area contributed by atoms with Crippen molar-refractivity contribution in [2.24, 2.45) is 0 Å². The highest BCUT2D eigenvalue weighted by molar-refractivity contribution is 5.88. The summed E-state index contributed by atoms with van der Waals surface area (Å²) in [5.41, 5.74) is 5.87. The minimum atomic E-state index is -0.211. The number of aromatic nitrogens is 1. The molecule has 25 heavy (non-hydrogen) atoms. The number of hydrogen-bond acceptors (Lipinski definition) is 0. The molecule has 0 spiro atoms. The normalized spacial score (nSPS) is 15.6. The Morgan fingerprint density at radius 2 is 1.56 bits per heavy atom. The molecule has 1 aliphatic rings. The van der Waals surface area contributed by atoms with Crippen LogP contribution in [0.4, 0.5) is 4.39 Å². The molecule has 120 valence electrons. The lowest BCUT2D eigenvalue weighted by atomic mass is 10.1. The van der Waals surface area contributed by atoms with E-state index < -0.39 is 0 Å². The molecule has 4 aromatic rings. The second-order valence-corrected chi connectivity index (χ2v) is 6.40. The van der Waals surface area contributed by atoms with Gasteiger partial charge in [-0.25, -0.2) is 4.39 Å². The standard InChI is InChI=1S/C23H16FN/c24-19-12-9-17(10-13-19)23-15-18-6-2-4-8-21(18)25(23)22-14-11-16-5-1-3-7-20(16)22/h1-15,22H. The molecule has 1 atom stereocenters. The fourth-order valence-electron chi connectivity index (χ4n) is 3.77. The van der Waals surface area contributed by atoms with E-state index in [0.29, 0.717) is 0 Å². The van der Waals surface area contributed by atoms with Gasteiger partial charge in [0.1, 0.15) is 5.82 Å². The maximum atomic E-state index is 13.4. The summed E-state index contributed by atoms with van der Waals surface area (Å²) in [6, 6.07) is 26.0. The Morgan fingerprint density at radius 1 is 0.800 bits per heavy atom. The van der Waals surface area contributed by atoms with Crippen molar-refractivity contribution in [1.29, 1.82) is 0 Å². The van der Waals surface area contributed by atoms with E-state index in [9.17, 15) is 4.39 Å². The number of allylic oxidation sites excluding steroid dienone is 1. The van der Waals surface area contributed by atoms with Crippen LogP contribution in [0.15, 0.2) is 84.9 Å². The van der Waals surface area contributed by atoms with Gasteiger partial charge in [-0.05, 0) is 53.1 Å². The van der Waals surface area contributed by atoms with Gasteiger partial charge in [0, 0.05) is 16.6 Å². The topological polar surface area (TPSA) is 4.93 Å². The summed E-state index contributed by atoms with van der Waals surface area (Å²) in [5, 5.41) is 1.19. The van der Waals surface area contributed by atoms with Gasteiger partial charge in [0.25, 0.3) is 0 Å². The number of halogens is 1. The van der Waals surface area contributed by atoms with Gasteiger partial charge in [-0.1, -0.05) is 54.6 Å². The number of benzene rings is 3. The Kier molecular flexibility index (Phi) is 3.10. The maximum Gasteiger partial charge on any atom is 0.123 e. The first-order chi connectivity index (χ1) is 12.3.